The molecule has 0 aromatic carbocycles. The van der Waals surface area contributed by atoms with Gasteiger partial charge in [0.25, 0.3) is 0 Å². The zero-order valence-corrected chi connectivity index (χ0v) is 13.9. The van der Waals surface area contributed by atoms with Crippen LogP contribution in [0.1, 0.15) is 24.4 Å². The largest absolute Gasteiger partial charge is 0.311 e. The molecular weight excluding hydrogens is 282 g/mol. The Labute approximate surface area is 131 Å². The Morgan fingerprint density at radius 2 is 2.29 bits per heavy atom. The summed E-state index contributed by atoms with van der Waals surface area (Å²) >= 11 is 1.80. The maximum atomic E-state index is 4.20. The fraction of sp³-hybridized carbons (Fsp3) is 0.600. The van der Waals surface area contributed by atoms with E-state index in [1.54, 1.807) is 11.3 Å². The van der Waals surface area contributed by atoms with Gasteiger partial charge in [0.1, 0.15) is 0 Å². The molecular formula is C15H25N5S. The Morgan fingerprint density at radius 1 is 1.43 bits per heavy atom. The molecule has 0 radical (unpaired) electrons. The third-order valence-electron chi connectivity index (χ3n) is 3.16. The number of rotatable bonds is 9. The fourth-order valence-corrected chi connectivity index (χ4v) is 2.82. The minimum atomic E-state index is 0.658. The third kappa shape index (κ3) is 5.95. The van der Waals surface area contributed by atoms with Crippen LogP contribution in [0.3, 0.4) is 0 Å². The summed E-state index contributed by atoms with van der Waals surface area (Å²) in [6, 6.07) is 4.27. The molecule has 2 heterocycles. The van der Waals surface area contributed by atoms with Gasteiger partial charge in [-0.05, 0) is 31.0 Å². The highest BCUT2D eigenvalue weighted by molar-refractivity contribution is 7.09. The van der Waals surface area contributed by atoms with E-state index < -0.39 is 0 Å². The number of likely N-dealkylation sites (N-methyl/N-ethyl adjacent to an activating group) is 1. The van der Waals surface area contributed by atoms with Crippen LogP contribution in [0.4, 0.5) is 0 Å². The topological polar surface area (TPSA) is 46.0 Å². The predicted octanol–water partition coefficient (Wildman–Crippen LogP) is 2.22. The van der Waals surface area contributed by atoms with Gasteiger partial charge >= 0.3 is 0 Å². The Hall–Kier alpha value is -1.24. The molecule has 1 N–H and O–H groups in total. The smallest absolute Gasteiger partial charge is 0.0964 e. The quantitative estimate of drug-likeness (QED) is 0.771. The van der Waals surface area contributed by atoms with Gasteiger partial charge in [-0.25, -0.2) is 0 Å². The number of aromatic nitrogens is 3. The molecule has 0 spiro atoms. The molecule has 0 saturated carbocycles. The molecule has 0 saturated heterocycles. The van der Waals surface area contributed by atoms with Crippen LogP contribution in [-0.2, 0) is 19.6 Å². The van der Waals surface area contributed by atoms with E-state index >= 15 is 0 Å². The molecule has 0 bridgehead atoms. The van der Waals surface area contributed by atoms with Crippen LogP contribution < -0.4 is 5.32 Å². The van der Waals surface area contributed by atoms with Crippen LogP contribution in [0.15, 0.2) is 23.7 Å². The first-order chi connectivity index (χ1) is 10.1. The van der Waals surface area contributed by atoms with Crippen molar-refractivity contribution in [1.82, 2.24) is 25.2 Å². The molecule has 2 aromatic heterocycles. The molecule has 0 aliphatic heterocycles. The second-order valence-electron chi connectivity index (χ2n) is 5.81. The van der Waals surface area contributed by atoms with E-state index in [0.717, 1.165) is 38.4 Å². The Balaban J connectivity index is 1.69. The molecule has 5 nitrogen and oxygen atoms in total. The van der Waals surface area contributed by atoms with Gasteiger partial charge in [-0.15, -0.1) is 16.4 Å². The van der Waals surface area contributed by atoms with E-state index in [1.165, 1.54) is 4.88 Å². The van der Waals surface area contributed by atoms with Crippen molar-refractivity contribution >= 4 is 11.3 Å². The van der Waals surface area contributed by atoms with Crippen molar-refractivity contribution in [3.63, 3.8) is 0 Å². The average Bonchev–Trinajstić information content (AvgIpc) is 3.07. The van der Waals surface area contributed by atoms with E-state index in [1.807, 2.05) is 10.9 Å². The van der Waals surface area contributed by atoms with Gasteiger partial charge in [0.15, 0.2) is 0 Å². The van der Waals surface area contributed by atoms with Gasteiger partial charge in [0.2, 0.25) is 0 Å². The number of hydrogen-bond acceptors (Lipinski definition) is 5. The summed E-state index contributed by atoms with van der Waals surface area (Å²) in [6.45, 7) is 9.05. The highest BCUT2D eigenvalue weighted by atomic mass is 32.1. The lowest BCUT2D eigenvalue weighted by Gasteiger charge is -2.14. The second-order valence-corrected chi connectivity index (χ2v) is 6.85. The first kappa shape index (κ1) is 16.1. The Bertz CT molecular complexity index is 506. The average molecular weight is 307 g/mol. The van der Waals surface area contributed by atoms with Gasteiger partial charge < -0.3 is 5.32 Å². The number of nitrogens with one attached hydrogen (secondary N) is 1. The van der Waals surface area contributed by atoms with Crippen molar-refractivity contribution in [2.75, 3.05) is 20.1 Å². The molecule has 0 aliphatic rings. The molecule has 2 aromatic rings. The SMILES string of the molecule is CC(C)CNCc1cn(CCN(C)Cc2cccs2)nn1. The molecule has 2 rings (SSSR count). The van der Waals surface area contributed by atoms with Crippen LogP contribution in [0.5, 0.6) is 0 Å². The van der Waals surface area contributed by atoms with E-state index in [4.69, 9.17) is 0 Å². The molecule has 21 heavy (non-hydrogen) atoms. The van der Waals surface area contributed by atoms with Crippen LogP contribution in [0, 0.1) is 5.92 Å². The highest BCUT2D eigenvalue weighted by Gasteiger charge is 2.04. The lowest BCUT2D eigenvalue weighted by atomic mass is 10.2. The van der Waals surface area contributed by atoms with Crippen LogP contribution >= 0.6 is 11.3 Å². The van der Waals surface area contributed by atoms with Crippen molar-refractivity contribution in [1.29, 1.82) is 0 Å². The summed E-state index contributed by atoms with van der Waals surface area (Å²) < 4.78 is 1.93. The standard InChI is InChI=1S/C15H25N5S/c1-13(2)9-16-10-14-11-20(18-17-14)7-6-19(3)12-15-5-4-8-21-15/h4-5,8,11,13,16H,6-7,9-10,12H2,1-3H3. The summed E-state index contributed by atoms with van der Waals surface area (Å²) in [5.74, 6) is 0.658. The molecule has 116 valence electrons. The van der Waals surface area contributed by atoms with Gasteiger partial charge in [0, 0.05) is 30.7 Å². The first-order valence-corrected chi connectivity index (χ1v) is 8.32. The Morgan fingerprint density at radius 3 is 3.00 bits per heavy atom. The van der Waals surface area contributed by atoms with Crippen LogP contribution in [-0.4, -0.2) is 40.0 Å². The second kappa shape index (κ2) is 8.26. The van der Waals surface area contributed by atoms with E-state index in [0.29, 0.717) is 5.92 Å². The Kier molecular flexibility index (Phi) is 6.35. The zero-order chi connectivity index (χ0) is 15.1. The maximum absolute atomic E-state index is 4.20. The summed E-state index contributed by atoms with van der Waals surface area (Å²) in [4.78, 5) is 3.71. The number of thiophene rings is 1. The monoisotopic (exact) mass is 307 g/mol. The van der Waals surface area contributed by atoms with Crippen molar-refractivity contribution in [2.45, 2.75) is 33.5 Å². The molecule has 0 fully saturated rings. The van der Waals surface area contributed by atoms with Gasteiger partial charge in [-0.3, -0.25) is 9.58 Å². The third-order valence-corrected chi connectivity index (χ3v) is 4.02. The maximum Gasteiger partial charge on any atom is 0.0964 e. The van der Waals surface area contributed by atoms with Gasteiger partial charge in [0.05, 0.1) is 12.2 Å². The fourth-order valence-electron chi connectivity index (χ4n) is 2.04. The summed E-state index contributed by atoms with van der Waals surface area (Å²) in [6.07, 6.45) is 2.03. The molecule has 0 aliphatic carbocycles. The van der Waals surface area contributed by atoms with Gasteiger partial charge in [-0.2, -0.15) is 0 Å². The van der Waals surface area contributed by atoms with Crippen molar-refractivity contribution in [2.24, 2.45) is 5.92 Å². The predicted molar refractivity (Wildman–Crippen MR) is 87.2 cm³/mol. The van der Waals surface area contributed by atoms with E-state index in [-0.39, 0.29) is 0 Å². The van der Waals surface area contributed by atoms with Crippen molar-refractivity contribution < 1.29 is 0 Å². The summed E-state index contributed by atoms with van der Waals surface area (Å²) in [5.41, 5.74) is 1.01. The zero-order valence-electron chi connectivity index (χ0n) is 13.1. The van der Waals surface area contributed by atoms with Crippen LogP contribution in [0.25, 0.3) is 0 Å². The molecule has 0 unspecified atom stereocenters. The lowest BCUT2D eigenvalue weighted by Crippen LogP contribution is -2.22. The summed E-state index contributed by atoms with van der Waals surface area (Å²) in [5, 5.41) is 13.9. The molecule has 0 atom stereocenters. The summed E-state index contributed by atoms with van der Waals surface area (Å²) in [7, 11) is 2.14. The molecule has 6 heteroatoms. The number of hydrogen-bond donors (Lipinski definition) is 1. The van der Waals surface area contributed by atoms with Crippen molar-refractivity contribution in [3.8, 4) is 0 Å². The minimum Gasteiger partial charge on any atom is -0.311 e. The molecule has 0 amide bonds. The lowest BCUT2D eigenvalue weighted by molar-refractivity contribution is 0.306. The van der Waals surface area contributed by atoms with Crippen molar-refractivity contribution in [3.05, 3.63) is 34.3 Å². The normalized spacial score (nSPS) is 11.7. The van der Waals surface area contributed by atoms with Crippen LogP contribution in [0.2, 0.25) is 0 Å². The minimum absolute atomic E-state index is 0.658. The number of nitrogens with zero attached hydrogens (tertiary/aromatic N) is 4. The van der Waals surface area contributed by atoms with E-state index in [9.17, 15) is 0 Å². The highest BCUT2D eigenvalue weighted by Crippen LogP contribution is 2.10. The van der Waals surface area contributed by atoms with Gasteiger partial charge in [-0.1, -0.05) is 25.1 Å². The first-order valence-electron chi connectivity index (χ1n) is 7.44. The van der Waals surface area contributed by atoms with E-state index in [2.05, 4.69) is 58.9 Å².